The van der Waals surface area contributed by atoms with E-state index in [0.29, 0.717) is 41.5 Å². The first-order chi connectivity index (χ1) is 23.5. The molecule has 2 aliphatic heterocycles. The Balaban J connectivity index is 1.71. The van der Waals surface area contributed by atoms with Crippen LogP contribution in [0.15, 0.2) is 70.6 Å². The van der Waals surface area contributed by atoms with Crippen LogP contribution in [0, 0.1) is 0 Å². The molecule has 2 aliphatic rings. The van der Waals surface area contributed by atoms with Gasteiger partial charge in [0, 0.05) is 47.5 Å². The highest BCUT2D eigenvalue weighted by atomic mass is 35.5. The van der Waals surface area contributed by atoms with Crippen molar-refractivity contribution in [3.8, 4) is 5.75 Å². The van der Waals surface area contributed by atoms with Crippen LogP contribution in [0.5, 0.6) is 5.75 Å². The molecular formula is C36H42Cl3N5O5S. The van der Waals surface area contributed by atoms with E-state index in [-0.39, 0.29) is 52.3 Å². The van der Waals surface area contributed by atoms with Crippen molar-refractivity contribution in [2.24, 2.45) is 4.99 Å². The fourth-order valence-corrected chi connectivity index (χ4v) is 8.25. The van der Waals surface area contributed by atoms with Crippen molar-refractivity contribution >= 4 is 62.5 Å². The zero-order valence-electron chi connectivity index (χ0n) is 28.9. The number of carbonyl (C=O) groups excluding carboxylic acids is 2. The molecule has 0 aliphatic carbocycles. The van der Waals surface area contributed by atoms with Crippen LogP contribution in [0.3, 0.4) is 0 Å². The summed E-state index contributed by atoms with van der Waals surface area (Å²) in [5.41, 5.74) is -0.534. The molecule has 268 valence electrons. The third kappa shape index (κ3) is 7.28. The topological polar surface area (TPSA) is 120 Å². The van der Waals surface area contributed by atoms with E-state index in [9.17, 15) is 13.2 Å². The predicted octanol–water partition coefficient (Wildman–Crippen LogP) is 7.63. The number of urea groups is 2. The van der Waals surface area contributed by atoms with Crippen molar-refractivity contribution in [3.63, 3.8) is 0 Å². The molecular weight excluding hydrogens is 721 g/mol. The molecule has 0 unspecified atom stereocenters. The Hall–Kier alpha value is -3.51. The number of halogens is 3. The molecule has 4 amide bonds. The lowest BCUT2D eigenvalue weighted by Crippen LogP contribution is -2.60. The van der Waals surface area contributed by atoms with Gasteiger partial charge in [-0.2, -0.15) is 0 Å². The number of ether oxygens (including phenoxy) is 1. The maximum absolute atomic E-state index is 15.1. The van der Waals surface area contributed by atoms with Crippen LogP contribution in [0.1, 0.15) is 64.2 Å². The number of piperidine rings is 1. The number of rotatable bonds is 8. The molecule has 2 N–H and O–H groups in total. The van der Waals surface area contributed by atoms with Gasteiger partial charge in [0.15, 0.2) is 9.84 Å². The number of benzene rings is 3. The number of hydrogen-bond acceptors (Lipinski definition) is 6. The lowest BCUT2D eigenvalue weighted by Gasteiger charge is -2.47. The summed E-state index contributed by atoms with van der Waals surface area (Å²) in [6, 6.07) is 16.7. The van der Waals surface area contributed by atoms with Gasteiger partial charge in [-0.1, -0.05) is 59.1 Å². The standard InChI is InChI=1S/C36H42Cl3N5O5S/c1-7-49-30-21-29(39)31(50(6,47)48)20-28(30)32-42-35(4,23-8-12-25(37)13-9-23)36(5,24-10-14-26(38)15-11-24)44(32)34(46)43-18-16-27(17-19-43)41-33(45)40-22(2)3/h8-15,20-22,27H,7,16-19H2,1-6H3,(H2,40,41,45)/t35-,36+/m0/s1. The fraction of sp³-hybridized carbons (Fsp3) is 0.417. The Bertz CT molecular complexity index is 1900. The van der Waals surface area contributed by atoms with Gasteiger partial charge in [-0.25, -0.2) is 18.0 Å². The zero-order valence-corrected chi connectivity index (χ0v) is 32.0. The molecule has 14 heteroatoms. The van der Waals surface area contributed by atoms with Crippen LogP contribution >= 0.6 is 34.8 Å². The summed E-state index contributed by atoms with van der Waals surface area (Å²) < 4.78 is 32.0. The summed E-state index contributed by atoms with van der Waals surface area (Å²) in [4.78, 5) is 36.2. The molecule has 2 heterocycles. The SMILES string of the molecule is CCOc1cc(Cl)c(S(C)(=O)=O)cc1C1=N[C@@](C)(c2ccc(Cl)cc2)[C@@](C)(c2ccc(Cl)cc2)N1C(=O)N1CCC(NC(=O)NC(C)C)CC1. The molecule has 5 rings (SSSR count). The second-order valence-electron chi connectivity index (χ2n) is 13.2. The first-order valence-corrected chi connectivity index (χ1v) is 19.5. The zero-order chi connectivity index (χ0) is 36.6. The molecule has 1 saturated heterocycles. The molecule has 2 atom stereocenters. The van der Waals surface area contributed by atoms with Gasteiger partial charge < -0.3 is 20.3 Å². The van der Waals surface area contributed by atoms with Crippen LogP contribution in [-0.4, -0.2) is 74.2 Å². The third-order valence-electron chi connectivity index (χ3n) is 9.44. The van der Waals surface area contributed by atoms with Gasteiger partial charge >= 0.3 is 12.1 Å². The van der Waals surface area contributed by atoms with Crippen LogP contribution < -0.4 is 15.4 Å². The number of amidine groups is 1. The normalized spacial score (nSPS) is 21.3. The van der Waals surface area contributed by atoms with Gasteiger partial charge in [-0.05, 0) is 88.9 Å². The summed E-state index contributed by atoms with van der Waals surface area (Å²) >= 11 is 19.2. The summed E-state index contributed by atoms with van der Waals surface area (Å²) in [6.07, 6.45) is 2.15. The Kier molecular flexibility index (Phi) is 11.0. The van der Waals surface area contributed by atoms with E-state index >= 15 is 4.79 Å². The largest absolute Gasteiger partial charge is 0.493 e. The van der Waals surface area contributed by atoms with Crippen molar-refractivity contribution < 1.29 is 22.7 Å². The van der Waals surface area contributed by atoms with Crippen molar-refractivity contribution in [2.75, 3.05) is 26.0 Å². The van der Waals surface area contributed by atoms with Crippen LogP contribution in [0.2, 0.25) is 15.1 Å². The summed E-state index contributed by atoms with van der Waals surface area (Å²) in [7, 11) is -3.80. The molecule has 1 fully saturated rings. The first kappa shape index (κ1) is 37.7. The summed E-state index contributed by atoms with van der Waals surface area (Å²) in [5.74, 6) is 0.491. The quantitative estimate of drug-likeness (QED) is 0.245. The molecule has 0 saturated carbocycles. The molecule has 50 heavy (non-hydrogen) atoms. The molecule has 3 aromatic carbocycles. The van der Waals surface area contributed by atoms with Gasteiger partial charge in [-0.3, -0.25) is 9.89 Å². The van der Waals surface area contributed by atoms with Crippen molar-refractivity contribution in [1.82, 2.24) is 20.4 Å². The summed E-state index contributed by atoms with van der Waals surface area (Å²) in [5, 5.41) is 6.92. The molecule has 0 spiro atoms. The molecule has 3 aromatic rings. The lowest BCUT2D eigenvalue weighted by atomic mass is 9.71. The summed E-state index contributed by atoms with van der Waals surface area (Å²) in [6.45, 7) is 10.4. The third-order valence-corrected chi connectivity index (χ3v) is 11.5. The van der Waals surface area contributed by atoms with Crippen molar-refractivity contribution in [3.05, 3.63) is 92.4 Å². The molecule has 0 radical (unpaired) electrons. The van der Waals surface area contributed by atoms with E-state index in [2.05, 4.69) is 10.6 Å². The first-order valence-electron chi connectivity index (χ1n) is 16.4. The van der Waals surface area contributed by atoms with Gasteiger partial charge in [0.05, 0.1) is 22.1 Å². The number of amides is 4. The van der Waals surface area contributed by atoms with Crippen molar-refractivity contribution in [1.29, 1.82) is 0 Å². The van der Waals surface area contributed by atoms with Gasteiger partial charge in [0.2, 0.25) is 0 Å². The van der Waals surface area contributed by atoms with Gasteiger partial charge in [-0.15, -0.1) is 0 Å². The average molecular weight is 763 g/mol. The number of likely N-dealkylation sites (tertiary alicyclic amines) is 1. The van der Waals surface area contributed by atoms with Gasteiger partial charge in [0.25, 0.3) is 0 Å². The van der Waals surface area contributed by atoms with Gasteiger partial charge in [0.1, 0.15) is 22.7 Å². The fourth-order valence-electron chi connectivity index (χ4n) is 6.68. The minimum absolute atomic E-state index is 0.00632. The Labute approximate surface area is 309 Å². The highest BCUT2D eigenvalue weighted by molar-refractivity contribution is 7.90. The minimum atomic E-state index is -3.80. The second kappa shape index (κ2) is 14.6. The van der Waals surface area contributed by atoms with Crippen LogP contribution in [0.4, 0.5) is 9.59 Å². The number of aliphatic imine (C=N–C) groups is 1. The number of nitrogens with zero attached hydrogens (tertiary/aromatic N) is 3. The minimum Gasteiger partial charge on any atom is -0.493 e. The van der Waals surface area contributed by atoms with Crippen molar-refractivity contribution in [2.45, 2.75) is 75.5 Å². The monoisotopic (exact) mass is 761 g/mol. The number of carbonyl (C=O) groups is 2. The van der Waals surface area contributed by atoms with E-state index in [1.165, 1.54) is 12.1 Å². The average Bonchev–Trinajstić information content (AvgIpc) is 3.28. The smallest absolute Gasteiger partial charge is 0.326 e. The molecule has 0 bridgehead atoms. The molecule has 0 aromatic heterocycles. The Morgan fingerprint density at radius 1 is 0.960 bits per heavy atom. The maximum Gasteiger partial charge on any atom is 0.326 e. The highest BCUT2D eigenvalue weighted by Crippen LogP contribution is 2.54. The van der Waals surface area contributed by atoms with E-state index < -0.39 is 20.9 Å². The van der Waals surface area contributed by atoms with E-state index in [1.807, 2.05) is 52.0 Å². The highest BCUT2D eigenvalue weighted by Gasteiger charge is 2.60. The number of hydrogen-bond donors (Lipinski definition) is 2. The van der Waals surface area contributed by atoms with E-state index in [1.54, 1.807) is 41.0 Å². The predicted molar refractivity (Wildman–Crippen MR) is 199 cm³/mol. The maximum atomic E-state index is 15.1. The van der Waals surface area contributed by atoms with Crippen LogP contribution in [-0.2, 0) is 20.9 Å². The number of sulfone groups is 1. The van der Waals surface area contributed by atoms with E-state index in [0.717, 1.165) is 17.4 Å². The molecule has 10 nitrogen and oxygen atoms in total. The Morgan fingerprint density at radius 3 is 2.04 bits per heavy atom. The van der Waals surface area contributed by atoms with Crippen LogP contribution in [0.25, 0.3) is 0 Å². The van der Waals surface area contributed by atoms with E-state index in [4.69, 9.17) is 44.5 Å². The Morgan fingerprint density at radius 2 is 1.52 bits per heavy atom. The second-order valence-corrected chi connectivity index (χ2v) is 16.5. The lowest BCUT2D eigenvalue weighted by molar-refractivity contribution is 0.0995. The number of nitrogens with one attached hydrogen (secondary N) is 2.